The van der Waals surface area contributed by atoms with E-state index < -0.39 is 17.9 Å². The van der Waals surface area contributed by atoms with Crippen LogP contribution in [-0.2, 0) is 9.53 Å². The molecule has 6 heteroatoms. The fraction of sp³-hybridized carbons (Fsp3) is 0.130. The van der Waals surface area contributed by atoms with E-state index in [1.54, 1.807) is 0 Å². The van der Waals surface area contributed by atoms with Gasteiger partial charge in [0.1, 0.15) is 17.4 Å². The van der Waals surface area contributed by atoms with Crippen LogP contribution in [0.4, 0.5) is 0 Å². The number of rotatable bonds is 4. The first kappa shape index (κ1) is 18.6. The summed E-state index contributed by atoms with van der Waals surface area (Å²) in [5, 5.41) is 0. The van der Waals surface area contributed by atoms with Crippen LogP contribution in [0.5, 0.6) is 23.0 Å². The number of carbonyl (C=O) groups is 2. The van der Waals surface area contributed by atoms with Crippen molar-refractivity contribution in [2.75, 3.05) is 14.2 Å². The first-order valence-corrected chi connectivity index (χ1v) is 8.96. The highest BCUT2D eigenvalue weighted by Crippen LogP contribution is 2.44. The summed E-state index contributed by atoms with van der Waals surface area (Å²) in [6.45, 7) is 0. The third kappa shape index (κ3) is 3.40. The largest absolute Gasteiger partial charge is 0.493 e. The van der Waals surface area contributed by atoms with Crippen molar-refractivity contribution in [3.8, 4) is 23.0 Å². The van der Waals surface area contributed by atoms with Crippen LogP contribution in [0.1, 0.15) is 27.4 Å². The Labute approximate surface area is 167 Å². The molecule has 0 saturated heterocycles. The highest BCUT2D eigenvalue weighted by molar-refractivity contribution is 5.91. The fourth-order valence-electron chi connectivity index (χ4n) is 3.33. The van der Waals surface area contributed by atoms with Gasteiger partial charge in [-0.1, -0.05) is 36.4 Å². The van der Waals surface area contributed by atoms with Gasteiger partial charge in [0.15, 0.2) is 11.5 Å². The standard InChI is InChI=1S/C23H18O6/c1-26-20-13-14(22(24)27-2)11-12-19(20)29-23(25)21-15-7-3-5-9-17(15)28-18-10-6-4-8-16(18)21/h3-13,21H,1-2H3. The Morgan fingerprint density at radius 1 is 0.828 bits per heavy atom. The van der Waals surface area contributed by atoms with E-state index in [4.69, 9.17) is 18.9 Å². The number of benzene rings is 3. The summed E-state index contributed by atoms with van der Waals surface area (Å²) in [7, 11) is 2.73. The molecule has 0 amide bonds. The monoisotopic (exact) mass is 390 g/mol. The molecule has 1 aliphatic heterocycles. The number of carbonyl (C=O) groups excluding carboxylic acids is 2. The van der Waals surface area contributed by atoms with Crippen LogP contribution in [0, 0.1) is 0 Å². The maximum Gasteiger partial charge on any atom is 0.337 e. The molecule has 146 valence electrons. The van der Waals surface area contributed by atoms with Crippen LogP contribution >= 0.6 is 0 Å². The van der Waals surface area contributed by atoms with Gasteiger partial charge in [0.2, 0.25) is 0 Å². The van der Waals surface area contributed by atoms with Crippen LogP contribution in [0.15, 0.2) is 66.7 Å². The lowest BCUT2D eigenvalue weighted by Crippen LogP contribution is -2.23. The van der Waals surface area contributed by atoms with E-state index in [-0.39, 0.29) is 11.5 Å². The number of para-hydroxylation sites is 2. The summed E-state index contributed by atoms with van der Waals surface area (Å²) in [5.41, 5.74) is 1.74. The van der Waals surface area contributed by atoms with E-state index in [0.717, 1.165) is 11.1 Å². The Bertz CT molecular complexity index is 1040. The van der Waals surface area contributed by atoms with E-state index in [1.807, 2.05) is 48.5 Å². The van der Waals surface area contributed by atoms with Crippen molar-refractivity contribution in [1.29, 1.82) is 0 Å². The normalized spacial score (nSPS) is 12.2. The minimum atomic E-state index is -0.652. The Morgan fingerprint density at radius 2 is 1.45 bits per heavy atom. The fourth-order valence-corrected chi connectivity index (χ4v) is 3.33. The van der Waals surface area contributed by atoms with E-state index in [2.05, 4.69) is 0 Å². The quantitative estimate of drug-likeness (QED) is 0.488. The van der Waals surface area contributed by atoms with Crippen LogP contribution in [0.3, 0.4) is 0 Å². The van der Waals surface area contributed by atoms with Crippen molar-refractivity contribution in [3.05, 3.63) is 83.4 Å². The second-order valence-corrected chi connectivity index (χ2v) is 6.39. The number of fused-ring (bicyclic) bond motifs is 2. The molecule has 0 bridgehead atoms. The molecule has 0 saturated carbocycles. The van der Waals surface area contributed by atoms with Crippen molar-refractivity contribution in [2.24, 2.45) is 0 Å². The van der Waals surface area contributed by atoms with Crippen LogP contribution < -0.4 is 14.2 Å². The van der Waals surface area contributed by atoms with Crippen LogP contribution in [-0.4, -0.2) is 26.2 Å². The highest BCUT2D eigenvalue weighted by atomic mass is 16.6. The zero-order chi connectivity index (χ0) is 20.4. The highest BCUT2D eigenvalue weighted by Gasteiger charge is 2.34. The molecule has 0 aromatic heterocycles. The van der Waals surface area contributed by atoms with Gasteiger partial charge in [0.05, 0.1) is 19.8 Å². The minimum Gasteiger partial charge on any atom is -0.493 e. The van der Waals surface area contributed by atoms with E-state index in [0.29, 0.717) is 17.1 Å². The molecule has 1 aliphatic rings. The van der Waals surface area contributed by atoms with Crippen molar-refractivity contribution < 1.29 is 28.5 Å². The molecule has 4 rings (SSSR count). The number of methoxy groups -OCH3 is 2. The predicted octanol–water partition coefficient (Wildman–Crippen LogP) is 4.33. The molecule has 0 N–H and O–H groups in total. The maximum atomic E-state index is 13.2. The van der Waals surface area contributed by atoms with Crippen LogP contribution in [0.2, 0.25) is 0 Å². The summed E-state index contributed by atoms with van der Waals surface area (Å²) in [5.74, 6) is 0.0655. The van der Waals surface area contributed by atoms with Crippen LogP contribution in [0.25, 0.3) is 0 Å². The summed E-state index contributed by atoms with van der Waals surface area (Å²) in [6, 6.07) is 19.2. The smallest absolute Gasteiger partial charge is 0.337 e. The molecule has 0 atom stereocenters. The summed E-state index contributed by atoms with van der Waals surface area (Å²) >= 11 is 0. The number of hydrogen-bond acceptors (Lipinski definition) is 6. The van der Waals surface area contributed by atoms with Gasteiger partial charge in [0, 0.05) is 11.1 Å². The molecule has 3 aromatic rings. The Morgan fingerprint density at radius 3 is 2.03 bits per heavy atom. The zero-order valence-corrected chi connectivity index (χ0v) is 15.9. The van der Waals surface area contributed by atoms with E-state index in [1.165, 1.54) is 32.4 Å². The van der Waals surface area contributed by atoms with Gasteiger partial charge in [0.25, 0.3) is 0 Å². The third-order valence-electron chi connectivity index (χ3n) is 4.71. The number of ether oxygens (including phenoxy) is 4. The van der Waals surface area contributed by atoms with Crippen molar-refractivity contribution >= 4 is 11.9 Å². The molecule has 0 spiro atoms. The molecule has 6 nitrogen and oxygen atoms in total. The Hall–Kier alpha value is -3.80. The molecule has 1 heterocycles. The lowest BCUT2D eigenvalue weighted by atomic mass is 9.88. The van der Waals surface area contributed by atoms with E-state index in [9.17, 15) is 9.59 Å². The molecule has 0 fully saturated rings. The van der Waals surface area contributed by atoms with E-state index >= 15 is 0 Å². The molecular weight excluding hydrogens is 372 g/mol. The first-order valence-electron chi connectivity index (χ1n) is 8.96. The molecule has 3 aromatic carbocycles. The lowest BCUT2D eigenvalue weighted by molar-refractivity contribution is -0.135. The van der Waals surface area contributed by atoms with Gasteiger partial charge >= 0.3 is 11.9 Å². The average molecular weight is 390 g/mol. The SMILES string of the molecule is COC(=O)c1ccc(OC(=O)C2c3ccccc3Oc3ccccc32)c(OC)c1. The molecule has 29 heavy (non-hydrogen) atoms. The van der Waals surface area contributed by atoms with Gasteiger partial charge in [-0.15, -0.1) is 0 Å². The second kappa shape index (κ2) is 7.67. The predicted molar refractivity (Wildman–Crippen MR) is 105 cm³/mol. The van der Waals surface area contributed by atoms with Crippen molar-refractivity contribution in [2.45, 2.75) is 5.92 Å². The van der Waals surface area contributed by atoms with Gasteiger partial charge in [-0.05, 0) is 30.3 Å². The van der Waals surface area contributed by atoms with Gasteiger partial charge in [-0.3, -0.25) is 4.79 Å². The van der Waals surface area contributed by atoms with Crippen molar-refractivity contribution in [3.63, 3.8) is 0 Å². The first-order chi connectivity index (χ1) is 14.1. The molecule has 0 aliphatic carbocycles. The summed E-state index contributed by atoms with van der Waals surface area (Å²) < 4.78 is 21.6. The van der Waals surface area contributed by atoms with Gasteiger partial charge < -0.3 is 18.9 Å². The summed E-state index contributed by atoms with van der Waals surface area (Å²) in [6.07, 6.45) is 0. The maximum absolute atomic E-state index is 13.2. The molecule has 0 unspecified atom stereocenters. The van der Waals surface area contributed by atoms with Gasteiger partial charge in [-0.2, -0.15) is 0 Å². The number of hydrogen-bond donors (Lipinski definition) is 0. The van der Waals surface area contributed by atoms with Gasteiger partial charge in [-0.25, -0.2) is 4.79 Å². The second-order valence-electron chi connectivity index (χ2n) is 6.39. The Balaban J connectivity index is 1.70. The third-order valence-corrected chi connectivity index (χ3v) is 4.71. The van der Waals surface area contributed by atoms with Crippen molar-refractivity contribution in [1.82, 2.24) is 0 Å². The molecular formula is C23H18O6. The number of esters is 2. The molecule has 0 radical (unpaired) electrons. The topological polar surface area (TPSA) is 71.1 Å². The Kier molecular flexibility index (Phi) is 4.91. The minimum absolute atomic E-state index is 0.214. The zero-order valence-electron chi connectivity index (χ0n) is 15.9. The summed E-state index contributed by atoms with van der Waals surface area (Å²) in [4.78, 5) is 24.9. The lowest BCUT2D eigenvalue weighted by Gasteiger charge is -2.26. The average Bonchev–Trinajstić information content (AvgIpc) is 2.76.